The van der Waals surface area contributed by atoms with Gasteiger partial charge in [0.25, 0.3) is 0 Å². The Labute approximate surface area is 303 Å². The van der Waals surface area contributed by atoms with E-state index in [-0.39, 0.29) is 0 Å². The fraction of sp³-hybridized carbons (Fsp3) is 0. The van der Waals surface area contributed by atoms with E-state index in [1.807, 2.05) is 35.6 Å². The fourth-order valence-electron chi connectivity index (χ4n) is 7.89. The first-order valence-electron chi connectivity index (χ1n) is 17.5. The second-order valence-corrected chi connectivity index (χ2v) is 14.3. The van der Waals surface area contributed by atoms with E-state index >= 15 is 0 Å². The quantitative estimate of drug-likeness (QED) is 0.174. The van der Waals surface area contributed by atoms with Crippen LogP contribution in [-0.2, 0) is 0 Å². The van der Waals surface area contributed by atoms with Gasteiger partial charge in [-0.2, -0.15) is 0 Å². The number of nitrogens with zero attached hydrogens (tertiary/aromatic N) is 2. The zero-order chi connectivity index (χ0) is 34.2. The lowest BCUT2D eigenvalue weighted by Crippen LogP contribution is -1.90. The Morgan fingerprint density at radius 3 is 1.67 bits per heavy atom. The molecule has 52 heavy (non-hydrogen) atoms. The molecule has 11 rings (SSSR count). The standard InChI is InChI=1S/C48H28N2OS/c1-2-12-30(13-3-1)45-44-43(29-22-24-31(25-23-29)48-50-41-20-10-11-21-42(41)51-48)46(52-47(44)38-18-8-9-19-40(38)49-45)32-26-27-37-35-16-5-4-14-33(35)34-15-6-7-17-36(34)39(37)28-32/h1-28H. The van der Waals surface area contributed by atoms with Crippen molar-refractivity contribution in [3.8, 4) is 44.3 Å². The Kier molecular flexibility index (Phi) is 6.42. The fourth-order valence-corrected chi connectivity index (χ4v) is 9.25. The number of hydrogen-bond acceptors (Lipinski definition) is 4. The summed E-state index contributed by atoms with van der Waals surface area (Å²) in [6, 6.07) is 60.3. The molecule has 0 unspecified atom stereocenters. The van der Waals surface area contributed by atoms with Crippen molar-refractivity contribution in [2.75, 3.05) is 0 Å². The van der Waals surface area contributed by atoms with Gasteiger partial charge in [0.2, 0.25) is 5.89 Å². The molecule has 0 N–H and O–H groups in total. The average molecular weight is 681 g/mol. The van der Waals surface area contributed by atoms with E-state index in [0.717, 1.165) is 44.4 Å². The Morgan fingerprint density at radius 2 is 0.962 bits per heavy atom. The summed E-state index contributed by atoms with van der Waals surface area (Å²) in [5.41, 5.74) is 9.17. The van der Waals surface area contributed by atoms with E-state index in [2.05, 4.69) is 146 Å². The van der Waals surface area contributed by atoms with Crippen LogP contribution in [0.2, 0.25) is 0 Å². The zero-order valence-corrected chi connectivity index (χ0v) is 28.7. The van der Waals surface area contributed by atoms with Crippen LogP contribution in [0.4, 0.5) is 0 Å². The topological polar surface area (TPSA) is 38.9 Å². The number of rotatable bonds is 4. The molecule has 242 valence electrons. The van der Waals surface area contributed by atoms with Gasteiger partial charge in [-0.05, 0) is 79.8 Å². The van der Waals surface area contributed by atoms with E-state index in [4.69, 9.17) is 14.4 Å². The largest absolute Gasteiger partial charge is 0.436 e. The summed E-state index contributed by atoms with van der Waals surface area (Å²) >= 11 is 1.86. The van der Waals surface area contributed by atoms with Gasteiger partial charge in [0.1, 0.15) is 5.52 Å². The summed E-state index contributed by atoms with van der Waals surface area (Å²) in [6.07, 6.45) is 0. The molecular formula is C48H28N2OS. The number of fused-ring (bicyclic) bond motifs is 10. The molecule has 4 heteroatoms. The number of hydrogen-bond donors (Lipinski definition) is 0. The van der Waals surface area contributed by atoms with E-state index in [1.54, 1.807) is 0 Å². The predicted molar refractivity (Wildman–Crippen MR) is 219 cm³/mol. The van der Waals surface area contributed by atoms with Crippen LogP contribution < -0.4 is 0 Å². The molecule has 0 amide bonds. The van der Waals surface area contributed by atoms with Crippen molar-refractivity contribution in [1.29, 1.82) is 0 Å². The highest BCUT2D eigenvalue weighted by molar-refractivity contribution is 7.24. The number of pyridine rings is 1. The molecule has 3 nitrogen and oxygen atoms in total. The maximum atomic E-state index is 6.16. The Morgan fingerprint density at radius 1 is 0.404 bits per heavy atom. The number of para-hydroxylation sites is 3. The summed E-state index contributed by atoms with van der Waals surface area (Å²) in [5, 5.41) is 9.95. The van der Waals surface area contributed by atoms with Gasteiger partial charge in [-0.15, -0.1) is 11.3 Å². The summed E-state index contributed by atoms with van der Waals surface area (Å²) in [4.78, 5) is 11.4. The highest BCUT2D eigenvalue weighted by Gasteiger charge is 2.23. The molecule has 0 aliphatic heterocycles. The highest BCUT2D eigenvalue weighted by atomic mass is 32.1. The maximum absolute atomic E-state index is 6.16. The van der Waals surface area contributed by atoms with Crippen LogP contribution in [0.15, 0.2) is 174 Å². The monoisotopic (exact) mass is 680 g/mol. The molecule has 0 atom stereocenters. The lowest BCUT2D eigenvalue weighted by Gasteiger charge is -2.13. The normalized spacial score (nSPS) is 11.8. The molecule has 0 fully saturated rings. The predicted octanol–water partition coefficient (Wildman–Crippen LogP) is 13.7. The van der Waals surface area contributed by atoms with Crippen molar-refractivity contribution in [1.82, 2.24) is 9.97 Å². The lowest BCUT2D eigenvalue weighted by atomic mass is 9.91. The van der Waals surface area contributed by atoms with Crippen LogP contribution in [0.1, 0.15) is 0 Å². The molecule has 0 bridgehead atoms. The molecule has 0 radical (unpaired) electrons. The first kappa shape index (κ1) is 29.1. The zero-order valence-electron chi connectivity index (χ0n) is 27.9. The minimum absolute atomic E-state index is 0.620. The van der Waals surface area contributed by atoms with Gasteiger partial charge in [-0.25, -0.2) is 9.97 Å². The summed E-state index contributed by atoms with van der Waals surface area (Å²) in [5.74, 6) is 0.620. The SMILES string of the molecule is c1ccc(-c2nc3ccccc3c3sc(-c4ccc5c6ccccc6c6ccccc6c5c4)c(-c4ccc(-c5nc6ccccc6o5)cc4)c23)cc1. The third-order valence-corrected chi connectivity index (χ3v) is 11.6. The van der Waals surface area contributed by atoms with E-state index in [9.17, 15) is 0 Å². The Balaban J connectivity index is 1.22. The van der Waals surface area contributed by atoms with E-state index in [1.165, 1.54) is 58.4 Å². The smallest absolute Gasteiger partial charge is 0.227 e. The molecule has 11 aromatic rings. The van der Waals surface area contributed by atoms with Crippen LogP contribution >= 0.6 is 11.3 Å². The Hall–Kier alpha value is -6.62. The average Bonchev–Trinajstić information content (AvgIpc) is 3.84. The second kappa shape index (κ2) is 11.5. The molecular weight excluding hydrogens is 653 g/mol. The number of oxazole rings is 1. The number of thiophene rings is 1. The Bertz CT molecular complexity index is 3110. The number of benzene rings is 8. The lowest BCUT2D eigenvalue weighted by molar-refractivity contribution is 0.620. The first-order valence-corrected chi connectivity index (χ1v) is 18.3. The second-order valence-electron chi connectivity index (χ2n) is 13.3. The van der Waals surface area contributed by atoms with Gasteiger partial charge < -0.3 is 4.42 Å². The third-order valence-electron chi connectivity index (χ3n) is 10.3. The van der Waals surface area contributed by atoms with E-state index < -0.39 is 0 Å². The molecule has 0 spiro atoms. The number of aromatic nitrogens is 2. The summed E-state index contributed by atoms with van der Waals surface area (Å²) < 4.78 is 7.40. The van der Waals surface area contributed by atoms with Crippen molar-refractivity contribution in [2.45, 2.75) is 0 Å². The van der Waals surface area contributed by atoms with Crippen molar-refractivity contribution >= 4 is 75.7 Å². The van der Waals surface area contributed by atoms with Crippen LogP contribution in [0.25, 0.3) is 109 Å². The summed E-state index contributed by atoms with van der Waals surface area (Å²) in [6.45, 7) is 0. The summed E-state index contributed by atoms with van der Waals surface area (Å²) in [7, 11) is 0. The van der Waals surface area contributed by atoms with Gasteiger partial charge in [0.05, 0.1) is 11.2 Å². The van der Waals surface area contributed by atoms with Crippen molar-refractivity contribution in [3.63, 3.8) is 0 Å². The first-order chi connectivity index (χ1) is 25.8. The minimum atomic E-state index is 0.620. The van der Waals surface area contributed by atoms with Gasteiger partial charge in [0.15, 0.2) is 5.58 Å². The molecule has 0 saturated heterocycles. The van der Waals surface area contributed by atoms with Crippen molar-refractivity contribution in [2.24, 2.45) is 0 Å². The van der Waals surface area contributed by atoms with Crippen LogP contribution in [0.3, 0.4) is 0 Å². The molecule has 3 heterocycles. The molecule has 0 aliphatic rings. The molecule has 0 aliphatic carbocycles. The van der Waals surface area contributed by atoms with Crippen molar-refractivity contribution < 1.29 is 4.42 Å². The van der Waals surface area contributed by atoms with Crippen LogP contribution in [0.5, 0.6) is 0 Å². The molecule has 0 saturated carbocycles. The van der Waals surface area contributed by atoms with Crippen LogP contribution in [0, 0.1) is 0 Å². The molecule has 3 aromatic heterocycles. The van der Waals surface area contributed by atoms with Gasteiger partial charge in [0, 0.05) is 37.0 Å². The van der Waals surface area contributed by atoms with Gasteiger partial charge in [-0.3, -0.25) is 0 Å². The van der Waals surface area contributed by atoms with Crippen LogP contribution in [-0.4, -0.2) is 9.97 Å². The molecule has 8 aromatic carbocycles. The van der Waals surface area contributed by atoms with E-state index in [0.29, 0.717) is 5.89 Å². The van der Waals surface area contributed by atoms with Gasteiger partial charge in [-0.1, -0.05) is 133 Å². The highest BCUT2D eigenvalue weighted by Crippen LogP contribution is 2.51. The van der Waals surface area contributed by atoms with Gasteiger partial charge >= 0.3 is 0 Å². The minimum Gasteiger partial charge on any atom is -0.436 e. The van der Waals surface area contributed by atoms with Crippen molar-refractivity contribution in [3.05, 3.63) is 170 Å². The third kappa shape index (κ3) is 4.45. The maximum Gasteiger partial charge on any atom is 0.227 e.